The Labute approximate surface area is 130 Å². The van der Waals surface area contributed by atoms with Gasteiger partial charge < -0.3 is 19.1 Å². The van der Waals surface area contributed by atoms with Crippen molar-refractivity contribution in [1.82, 2.24) is 4.90 Å². The number of amides is 1. The van der Waals surface area contributed by atoms with Gasteiger partial charge in [-0.25, -0.2) is 4.79 Å². The van der Waals surface area contributed by atoms with Gasteiger partial charge in [0.2, 0.25) is 0 Å². The van der Waals surface area contributed by atoms with E-state index in [1.165, 1.54) is 14.2 Å². The summed E-state index contributed by atoms with van der Waals surface area (Å²) >= 11 is 0. The SMILES string of the molecule is COC(=O)C(C[C@@H]1CCN(C(=O)OC(C)(C)C)C1)C(=O)OC. The van der Waals surface area contributed by atoms with Gasteiger partial charge in [0.1, 0.15) is 5.60 Å². The molecular weight excluding hydrogens is 290 g/mol. The highest BCUT2D eigenvalue weighted by molar-refractivity contribution is 5.94. The number of hydrogen-bond acceptors (Lipinski definition) is 6. The normalized spacial score (nSPS) is 18.3. The Hall–Kier alpha value is -1.79. The maximum Gasteiger partial charge on any atom is 0.410 e. The number of carbonyl (C=O) groups is 3. The Bertz CT molecular complexity index is 412. The van der Waals surface area contributed by atoms with E-state index in [0.29, 0.717) is 25.9 Å². The molecule has 1 fully saturated rings. The van der Waals surface area contributed by atoms with Crippen LogP contribution in [0.15, 0.2) is 0 Å². The second kappa shape index (κ2) is 7.47. The average Bonchev–Trinajstić information content (AvgIpc) is 2.90. The summed E-state index contributed by atoms with van der Waals surface area (Å²) in [6, 6.07) is 0. The first kappa shape index (κ1) is 18.3. The molecule has 7 heteroatoms. The highest BCUT2D eigenvalue weighted by atomic mass is 16.6. The number of hydrogen-bond donors (Lipinski definition) is 0. The highest BCUT2D eigenvalue weighted by Gasteiger charge is 2.36. The van der Waals surface area contributed by atoms with E-state index in [1.54, 1.807) is 4.90 Å². The number of carbonyl (C=O) groups excluding carboxylic acids is 3. The fraction of sp³-hybridized carbons (Fsp3) is 0.800. The average molecular weight is 315 g/mol. The molecule has 22 heavy (non-hydrogen) atoms. The molecule has 0 saturated carbocycles. The molecule has 0 aromatic carbocycles. The van der Waals surface area contributed by atoms with E-state index in [2.05, 4.69) is 9.47 Å². The van der Waals surface area contributed by atoms with Crippen molar-refractivity contribution in [1.29, 1.82) is 0 Å². The standard InChI is InChI=1S/C15H25NO6/c1-15(2,3)22-14(19)16-7-6-10(9-16)8-11(12(17)20-4)13(18)21-5/h10-11H,6-9H2,1-5H3/t10-/m0/s1. The molecule has 0 spiro atoms. The molecule has 1 aliphatic rings. The van der Waals surface area contributed by atoms with Gasteiger partial charge in [-0.2, -0.15) is 0 Å². The quantitative estimate of drug-likeness (QED) is 0.445. The third-order valence-electron chi connectivity index (χ3n) is 3.48. The summed E-state index contributed by atoms with van der Waals surface area (Å²) in [5.41, 5.74) is -0.546. The summed E-state index contributed by atoms with van der Waals surface area (Å²) < 4.78 is 14.6. The first-order valence-corrected chi connectivity index (χ1v) is 7.31. The molecule has 1 aliphatic heterocycles. The maximum atomic E-state index is 12.0. The molecule has 0 bridgehead atoms. The number of rotatable bonds is 4. The molecule has 0 unspecified atom stereocenters. The van der Waals surface area contributed by atoms with Crippen molar-refractivity contribution in [2.24, 2.45) is 11.8 Å². The van der Waals surface area contributed by atoms with Crippen LogP contribution in [0.2, 0.25) is 0 Å². The molecule has 1 amide bonds. The van der Waals surface area contributed by atoms with Crippen molar-refractivity contribution in [3.05, 3.63) is 0 Å². The Morgan fingerprint density at radius 2 is 1.68 bits per heavy atom. The summed E-state index contributed by atoms with van der Waals surface area (Å²) in [6.45, 7) is 6.43. The molecule has 126 valence electrons. The van der Waals surface area contributed by atoms with E-state index in [9.17, 15) is 14.4 Å². The number of esters is 2. The fourth-order valence-corrected chi connectivity index (χ4v) is 2.42. The van der Waals surface area contributed by atoms with Crippen LogP contribution in [0.3, 0.4) is 0 Å². The third kappa shape index (κ3) is 5.20. The molecule has 1 rings (SSSR count). The molecule has 0 radical (unpaired) electrons. The number of nitrogens with zero attached hydrogens (tertiary/aromatic N) is 1. The zero-order valence-corrected chi connectivity index (χ0v) is 13.9. The Balaban J connectivity index is 2.60. The molecule has 7 nitrogen and oxygen atoms in total. The van der Waals surface area contributed by atoms with Crippen LogP contribution >= 0.6 is 0 Å². The van der Waals surface area contributed by atoms with E-state index in [4.69, 9.17) is 4.74 Å². The zero-order valence-electron chi connectivity index (χ0n) is 13.9. The van der Waals surface area contributed by atoms with Gasteiger partial charge in [0, 0.05) is 13.1 Å². The van der Waals surface area contributed by atoms with Crippen LogP contribution in [0, 0.1) is 11.8 Å². The van der Waals surface area contributed by atoms with Crippen molar-refractivity contribution < 1.29 is 28.6 Å². The Kier molecular flexibility index (Phi) is 6.20. The van der Waals surface area contributed by atoms with Crippen LogP contribution in [0.25, 0.3) is 0 Å². The van der Waals surface area contributed by atoms with Gasteiger partial charge in [-0.1, -0.05) is 0 Å². The van der Waals surface area contributed by atoms with Gasteiger partial charge >= 0.3 is 18.0 Å². The first-order valence-electron chi connectivity index (χ1n) is 7.31. The third-order valence-corrected chi connectivity index (χ3v) is 3.48. The van der Waals surface area contributed by atoms with E-state index in [1.807, 2.05) is 20.8 Å². The van der Waals surface area contributed by atoms with Crippen molar-refractivity contribution in [2.45, 2.75) is 39.2 Å². The molecule has 0 aromatic rings. The van der Waals surface area contributed by atoms with Gasteiger partial charge in [-0.15, -0.1) is 0 Å². The fourth-order valence-electron chi connectivity index (χ4n) is 2.42. The second-order valence-corrected chi connectivity index (χ2v) is 6.42. The topological polar surface area (TPSA) is 82.1 Å². The summed E-state index contributed by atoms with van der Waals surface area (Å²) in [7, 11) is 2.47. The number of ether oxygens (including phenoxy) is 3. The van der Waals surface area contributed by atoms with Crippen LogP contribution in [0.1, 0.15) is 33.6 Å². The predicted octanol–water partition coefficient (Wildman–Crippen LogP) is 1.60. The van der Waals surface area contributed by atoms with Crippen molar-refractivity contribution >= 4 is 18.0 Å². The monoisotopic (exact) mass is 315 g/mol. The van der Waals surface area contributed by atoms with Gasteiger partial charge in [-0.3, -0.25) is 9.59 Å². The van der Waals surface area contributed by atoms with E-state index in [0.717, 1.165) is 0 Å². The van der Waals surface area contributed by atoms with Gasteiger partial charge in [0.15, 0.2) is 5.92 Å². The lowest BCUT2D eigenvalue weighted by atomic mass is 9.94. The molecule has 0 N–H and O–H groups in total. The summed E-state index contributed by atoms with van der Waals surface area (Å²) in [5, 5.41) is 0. The minimum absolute atomic E-state index is 0.0377. The number of methoxy groups -OCH3 is 2. The van der Waals surface area contributed by atoms with E-state index < -0.39 is 23.5 Å². The Morgan fingerprint density at radius 1 is 1.14 bits per heavy atom. The van der Waals surface area contributed by atoms with Gasteiger partial charge in [0.05, 0.1) is 14.2 Å². The predicted molar refractivity (Wildman–Crippen MR) is 78.1 cm³/mol. The smallest absolute Gasteiger partial charge is 0.410 e. The van der Waals surface area contributed by atoms with Crippen LogP contribution < -0.4 is 0 Å². The molecule has 0 aliphatic carbocycles. The van der Waals surface area contributed by atoms with Crippen LogP contribution in [0.5, 0.6) is 0 Å². The van der Waals surface area contributed by atoms with Crippen LogP contribution in [0.4, 0.5) is 4.79 Å². The lowest BCUT2D eigenvalue weighted by Gasteiger charge is -2.24. The Morgan fingerprint density at radius 3 is 2.14 bits per heavy atom. The molecule has 1 heterocycles. The van der Waals surface area contributed by atoms with Crippen LogP contribution in [-0.2, 0) is 23.8 Å². The summed E-state index contributed by atoms with van der Waals surface area (Å²) in [5.74, 6) is -2.13. The lowest BCUT2D eigenvalue weighted by molar-refractivity contribution is -0.159. The summed E-state index contributed by atoms with van der Waals surface area (Å²) in [4.78, 5) is 36.9. The largest absolute Gasteiger partial charge is 0.468 e. The zero-order chi connectivity index (χ0) is 16.9. The molecule has 1 atom stereocenters. The molecular formula is C15H25NO6. The number of likely N-dealkylation sites (tertiary alicyclic amines) is 1. The minimum Gasteiger partial charge on any atom is -0.468 e. The second-order valence-electron chi connectivity index (χ2n) is 6.42. The van der Waals surface area contributed by atoms with Crippen LogP contribution in [-0.4, -0.2) is 55.8 Å². The van der Waals surface area contributed by atoms with Gasteiger partial charge in [0.25, 0.3) is 0 Å². The van der Waals surface area contributed by atoms with E-state index in [-0.39, 0.29) is 12.0 Å². The molecule has 1 saturated heterocycles. The van der Waals surface area contributed by atoms with Gasteiger partial charge in [-0.05, 0) is 39.5 Å². The summed E-state index contributed by atoms with van der Waals surface area (Å²) in [6.07, 6.45) is 0.644. The minimum atomic E-state index is -0.946. The van der Waals surface area contributed by atoms with Crippen molar-refractivity contribution in [3.8, 4) is 0 Å². The van der Waals surface area contributed by atoms with E-state index >= 15 is 0 Å². The maximum absolute atomic E-state index is 12.0. The highest BCUT2D eigenvalue weighted by Crippen LogP contribution is 2.26. The lowest BCUT2D eigenvalue weighted by Crippen LogP contribution is -2.36. The molecule has 0 aromatic heterocycles. The first-order chi connectivity index (χ1) is 10.2. The van der Waals surface area contributed by atoms with Crippen molar-refractivity contribution in [3.63, 3.8) is 0 Å². The van der Waals surface area contributed by atoms with Crippen molar-refractivity contribution in [2.75, 3.05) is 27.3 Å².